The van der Waals surface area contributed by atoms with E-state index in [0.29, 0.717) is 11.3 Å². The fourth-order valence-electron chi connectivity index (χ4n) is 3.07. The van der Waals surface area contributed by atoms with Crippen molar-refractivity contribution in [2.45, 2.75) is 57.3 Å². The Morgan fingerprint density at radius 2 is 1.42 bits per heavy atom. The summed E-state index contributed by atoms with van der Waals surface area (Å²) in [5.41, 5.74) is 6.33. The zero-order chi connectivity index (χ0) is 27.4. The summed E-state index contributed by atoms with van der Waals surface area (Å²) in [6, 6.07) is 0.772. The summed E-state index contributed by atoms with van der Waals surface area (Å²) in [5.74, 6) is -4.91. The first-order valence-electron chi connectivity index (χ1n) is 11.2. The maximum atomic E-state index is 13.0. The first-order chi connectivity index (χ1) is 16.8. The molecule has 200 valence electrons. The number of nitrogens with one attached hydrogen (secondary N) is 3. The highest BCUT2D eigenvalue weighted by atomic mass is 32.2. The van der Waals surface area contributed by atoms with Crippen molar-refractivity contribution in [2.75, 3.05) is 12.0 Å². The standard InChI is InChI=1S/C23H34N4O8S/c1-12(2)19(24)22(33)27-17(11-18(29)30)21(32)26-16(10-13-4-6-14(28)7-5-13)20(31)25-15(23(34)35)8-9-36-3/h4-7,12,15-17,19,28H,8-11,24H2,1-3H3,(H,25,31)(H,26,32)(H,27,33)(H,29,30)(H,34,35). The third kappa shape index (κ3) is 10.5. The molecule has 0 aliphatic heterocycles. The minimum atomic E-state index is -1.53. The Bertz CT molecular complexity index is 925. The number of hydrogen-bond donors (Lipinski definition) is 7. The van der Waals surface area contributed by atoms with Gasteiger partial charge in [0.1, 0.15) is 23.9 Å². The molecule has 0 saturated heterocycles. The number of phenolic OH excluding ortho intramolecular Hbond substituents is 1. The quantitative estimate of drug-likeness (QED) is 0.158. The van der Waals surface area contributed by atoms with Crippen LogP contribution in [0.3, 0.4) is 0 Å². The number of benzene rings is 1. The molecule has 4 atom stereocenters. The number of carboxylic acids is 2. The number of carboxylic acid groups (broad SMARTS) is 2. The van der Waals surface area contributed by atoms with Gasteiger partial charge in [0, 0.05) is 6.42 Å². The molecule has 0 fully saturated rings. The first kappa shape index (κ1) is 30.7. The SMILES string of the molecule is CSCCC(NC(=O)C(Cc1ccc(O)cc1)NC(=O)C(CC(=O)O)NC(=O)C(N)C(C)C)C(=O)O. The Balaban J connectivity index is 3.16. The lowest BCUT2D eigenvalue weighted by Crippen LogP contribution is -2.58. The van der Waals surface area contributed by atoms with E-state index in [4.69, 9.17) is 5.73 Å². The van der Waals surface area contributed by atoms with Crippen molar-refractivity contribution in [1.82, 2.24) is 16.0 Å². The molecule has 0 spiro atoms. The Kier molecular flexibility index (Phi) is 12.7. The van der Waals surface area contributed by atoms with Crippen LogP contribution in [0, 0.1) is 5.92 Å². The number of rotatable bonds is 15. The van der Waals surface area contributed by atoms with E-state index < -0.39 is 60.2 Å². The van der Waals surface area contributed by atoms with Crippen LogP contribution >= 0.6 is 11.8 Å². The van der Waals surface area contributed by atoms with E-state index in [9.17, 15) is 39.3 Å². The molecule has 0 radical (unpaired) electrons. The number of aromatic hydroxyl groups is 1. The van der Waals surface area contributed by atoms with Crippen molar-refractivity contribution in [3.63, 3.8) is 0 Å². The van der Waals surface area contributed by atoms with Gasteiger partial charge in [-0.3, -0.25) is 19.2 Å². The normalized spacial score (nSPS) is 14.2. The largest absolute Gasteiger partial charge is 0.508 e. The molecule has 3 amide bonds. The highest BCUT2D eigenvalue weighted by molar-refractivity contribution is 7.98. The monoisotopic (exact) mass is 526 g/mol. The molecule has 1 aromatic carbocycles. The topological polar surface area (TPSA) is 208 Å². The van der Waals surface area contributed by atoms with Crippen molar-refractivity contribution in [3.8, 4) is 5.75 Å². The van der Waals surface area contributed by atoms with Gasteiger partial charge in [-0.25, -0.2) is 4.79 Å². The van der Waals surface area contributed by atoms with Crippen molar-refractivity contribution in [2.24, 2.45) is 11.7 Å². The van der Waals surface area contributed by atoms with Gasteiger partial charge in [-0.2, -0.15) is 11.8 Å². The number of carbonyl (C=O) groups is 5. The van der Waals surface area contributed by atoms with Crippen LogP contribution in [0.1, 0.15) is 32.3 Å². The van der Waals surface area contributed by atoms with Gasteiger partial charge >= 0.3 is 11.9 Å². The predicted molar refractivity (Wildman–Crippen MR) is 133 cm³/mol. The van der Waals surface area contributed by atoms with Gasteiger partial charge in [-0.05, 0) is 42.0 Å². The third-order valence-electron chi connectivity index (χ3n) is 5.27. The molecule has 36 heavy (non-hydrogen) atoms. The molecule has 13 heteroatoms. The predicted octanol–water partition coefficient (Wildman–Crippen LogP) is -0.315. The summed E-state index contributed by atoms with van der Waals surface area (Å²) in [6.45, 7) is 3.37. The van der Waals surface area contributed by atoms with Crippen molar-refractivity contribution in [1.29, 1.82) is 0 Å². The van der Waals surface area contributed by atoms with E-state index in [-0.39, 0.29) is 24.5 Å². The number of phenols is 1. The lowest BCUT2D eigenvalue weighted by Gasteiger charge is -2.25. The summed E-state index contributed by atoms with van der Waals surface area (Å²) in [5, 5.41) is 35.3. The van der Waals surface area contributed by atoms with Crippen LogP contribution < -0.4 is 21.7 Å². The zero-order valence-electron chi connectivity index (χ0n) is 20.4. The maximum Gasteiger partial charge on any atom is 0.326 e. The first-order valence-corrected chi connectivity index (χ1v) is 12.6. The van der Waals surface area contributed by atoms with E-state index in [1.807, 2.05) is 0 Å². The second kappa shape index (κ2) is 14.9. The molecule has 0 bridgehead atoms. The van der Waals surface area contributed by atoms with E-state index in [1.54, 1.807) is 20.1 Å². The Morgan fingerprint density at radius 3 is 1.92 bits per heavy atom. The summed E-state index contributed by atoms with van der Waals surface area (Å²) in [7, 11) is 0. The van der Waals surface area contributed by atoms with E-state index in [2.05, 4.69) is 16.0 Å². The molecular weight excluding hydrogens is 492 g/mol. The van der Waals surface area contributed by atoms with Crippen LogP contribution in [-0.4, -0.2) is 81.2 Å². The number of hydrogen-bond acceptors (Lipinski definition) is 8. The lowest BCUT2D eigenvalue weighted by atomic mass is 10.0. The zero-order valence-corrected chi connectivity index (χ0v) is 21.2. The Hall–Kier alpha value is -3.32. The number of carbonyl (C=O) groups excluding carboxylic acids is 3. The van der Waals surface area contributed by atoms with Crippen molar-refractivity contribution >= 4 is 41.4 Å². The third-order valence-corrected chi connectivity index (χ3v) is 5.91. The second-order valence-electron chi connectivity index (χ2n) is 8.54. The lowest BCUT2D eigenvalue weighted by molar-refractivity contribution is -0.143. The summed E-state index contributed by atoms with van der Waals surface area (Å²) in [4.78, 5) is 61.3. The van der Waals surface area contributed by atoms with Gasteiger partial charge in [0.15, 0.2) is 0 Å². The number of thioether (sulfide) groups is 1. The number of aliphatic carboxylic acids is 2. The number of amides is 3. The smallest absolute Gasteiger partial charge is 0.326 e. The van der Waals surface area contributed by atoms with Crippen LogP contribution in [0.5, 0.6) is 5.75 Å². The van der Waals surface area contributed by atoms with Crippen molar-refractivity contribution < 1.29 is 39.3 Å². The Labute approximate surface area is 213 Å². The average Bonchev–Trinajstić information content (AvgIpc) is 2.80. The minimum Gasteiger partial charge on any atom is -0.508 e. The fraction of sp³-hybridized carbons (Fsp3) is 0.522. The molecule has 8 N–H and O–H groups in total. The van der Waals surface area contributed by atoms with Crippen molar-refractivity contribution in [3.05, 3.63) is 29.8 Å². The molecule has 1 aromatic rings. The van der Waals surface area contributed by atoms with Gasteiger partial charge in [0.25, 0.3) is 0 Å². The molecule has 0 saturated carbocycles. The van der Waals surface area contributed by atoms with Crippen LogP contribution in [0.15, 0.2) is 24.3 Å². The van der Waals surface area contributed by atoms with Gasteiger partial charge in [0.05, 0.1) is 12.5 Å². The van der Waals surface area contributed by atoms with Gasteiger partial charge in [-0.15, -0.1) is 0 Å². The van der Waals surface area contributed by atoms with Gasteiger partial charge in [-0.1, -0.05) is 26.0 Å². The highest BCUT2D eigenvalue weighted by Gasteiger charge is 2.32. The molecule has 0 aliphatic carbocycles. The summed E-state index contributed by atoms with van der Waals surface area (Å²) < 4.78 is 0. The van der Waals surface area contributed by atoms with E-state index >= 15 is 0 Å². The molecule has 0 heterocycles. The average molecular weight is 527 g/mol. The summed E-state index contributed by atoms with van der Waals surface area (Å²) in [6.07, 6.45) is 1.08. The van der Waals surface area contributed by atoms with E-state index in [1.165, 1.54) is 36.0 Å². The second-order valence-corrected chi connectivity index (χ2v) is 9.53. The molecular formula is C23H34N4O8S. The molecule has 4 unspecified atom stereocenters. The molecule has 0 aromatic heterocycles. The van der Waals surface area contributed by atoms with Crippen LogP contribution in [0.25, 0.3) is 0 Å². The van der Waals surface area contributed by atoms with Crippen LogP contribution in [0.4, 0.5) is 0 Å². The van der Waals surface area contributed by atoms with Gasteiger partial charge < -0.3 is 37.0 Å². The molecule has 0 aliphatic rings. The maximum absolute atomic E-state index is 13.0. The fourth-order valence-corrected chi connectivity index (χ4v) is 3.54. The number of nitrogens with two attached hydrogens (primary N) is 1. The minimum absolute atomic E-state index is 0.0162. The van der Waals surface area contributed by atoms with Gasteiger partial charge in [0.2, 0.25) is 17.7 Å². The van der Waals surface area contributed by atoms with Crippen LogP contribution in [-0.2, 0) is 30.4 Å². The Morgan fingerprint density at radius 1 is 0.889 bits per heavy atom. The van der Waals surface area contributed by atoms with Crippen LogP contribution in [0.2, 0.25) is 0 Å². The summed E-state index contributed by atoms with van der Waals surface area (Å²) >= 11 is 1.40. The van der Waals surface area contributed by atoms with E-state index in [0.717, 1.165) is 0 Å². The highest BCUT2D eigenvalue weighted by Crippen LogP contribution is 2.12. The molecule has 12 nitrogen and oxygen atoms in total. The molecule has 1 rings (SSSR count).